The summed E-state index contributed by atoms with van der Waals surface area (Å²) in [6.07, 6.45) is 1.78. The second-order valence-electron chi connectivity index (χ2n) is 6.12. The van der Waals surface area contributed by atoms with Crippen molar-refractivity contribution in [2.24, 2.45) is 4.99 Å². The first-order chi connectivity index (χ1) is 13.2. The molecule has 0 saturated heterocycles. The van der Waals surface area contributed by atoms with E-state index in [0.717, 1.165) is 22.8 Å². The minimum atomic E-state index is 0. The third-order valence-electron chi connectivity index (χ3n) is 4.05. The highest BCUT2D eigenvalue weighted by Crippen LogP contribution is 2.25. The molecule has 0 unspecified atom stereocenters. The molecule has 0 aliphatic carbocycles. The first-order valence-electron chi connectivity index (χ1n) is 8.91. The topological polar surface area (TPSA) is 58.5 Å². The molecule has 2 aromatic carbocycles. The van der Waals surface area contributed by atoms with Gasteiger partial charge in [-0.15, -0.1) is 24.0 Å². The van der Waals surface area contributed by atoms with Gasteiger partial charge in [-0.1, -0.05) is 42.0 Å². The van der Waals surface area contributed by atoms with Gasteiger partial charge in [-0.25, -0.2) is 0 Å². The molecule has 0 spiro atoms. The van der Waals surface area contributed by atoms with E-state index in [2.05, 4.69) is 27.5 Å². The highest BCUT2D eigenvalue weighted by molar-refractivity contribution is 14.0. The van der Waals surface area contributed by atoms with Crippen molar-refractivity contribution in [1.82, 2.24) is 15.6 Å². The summed E-state index contributed by atoms with van der Waals surface area (Å²) < 4.78 is 6.05. The van der Waals surface area contributed by atoms with Gasteiger partial charge in [-0.3, -0.25) is 9.98 Å². The predicted molar refractivity (Wildman–Crippen MR) is 124 cm³/mol. The summed E-state index contributed by atoms with van der Waals surface area (Å²) in [5, 5.41) is 6.59. The molecule has 146 valence electrons. The van der Waals surface area contributed by atoms with Crippen molar-refractivity contribution >= 4 is 29.9 Å². The lowest BCUT2D eigenvalue weighted by atomic mass is 10.2. The van der Waals surface area contributed by atoms with E-state index in [1.165, 1.54) is 5.56 Å². The standard InChI is InChI=1S/C22H24N4O.HI/c1-17-10-12-20(13-11-17)27-21-9-4-3-7-18(21)15-25-22(23-2)26-16-19-8-5-6-14-24-19;/h3-14H,15-16H2,1-2H3,(H2,23,25,26);1H. The Morgan fingerprint density at radius 3 is 2.36 bits per heavy atom. The molecule has 6 heteroatoms. The zero-order chi connectivity index (χ0) is 18.9. The Morgan fingerprint density at radius 1 is 0.929 bits per heavy atom. The fourth-order valence-electron chi connectivity index (χ4n) is 2.56. The first-order valence-corrected chi connectivity index (χ1v) is 8.91. The predicted octanol–water partition coefficient (Wildman–Crippen LogP) is 4.67. The number of hydrogen-bond acceptors (Lipinski definition) is 3. The smallest absolute Gasteiger partial charge is 0.191 e. The summed E-state index contributed by atoms with van der Waals surface area (Å²) in [6, 6.07) is 21.9. The second-order valence-corrected chi connectivity index (χ2v) is 6.12. The fourth-order valence-corrected chi connectivity index (χ4v) is 2.56. The molecule has 0 fully saturated rings. The summed E-state index contributed by atoms with van der Waals surface area (Å²) >= 11 is 0. The van der Waals surface area contributed by atoms with Crippen molar-refractivity contribution < 1.29 is 4.74 Å². The van der Waals surface area contributed by atoms with Gasteiger partial charge < -0.3 is 15.4 Å². The summed E-state index contributed by atoms with van der Waals surface area (Å²) in [6.45, 7) is 3.27. The highest BCUT2D eigenvalue weighted by atomic mass is 127. The van der Waals surface area contributed by atoms with E-state index in [9.17, 15) is 0 Å². The zero-order valence-electron chi connectivity index (χ0n) is 16.1. The van der Waals surface area contributed by atoms with Crippen molar-refractivity contribution in [3.8, 4) is 11.5 Å². The number of aryl methyl sites for hydroxylation is 1. The maximum atomic E-state index is 6.05. The van der Waals surface area contributed by atoms with Gasteiger partial charge in [-0.05, 0) is 37.3 Å². The zero-order valence-corrected chi connectivity index (χ0v) is 18.4. The highest BCUT2D eigenvalue weighted by Gasteiger charge is 2.06. The molecule has 0 radical (unpaired) electrons. The number of nitrogens with one attached hydrogen (secondary N) is 2. The number of ether oxygens (including phenoxy) is 1. The van der Waals surface area contributed by atoms with Crippen molar-refractivity contribution in [3.05, 3.63) is 89.7 Å². The number of rotatable bonds is 6. The molecule has 1 heterocycles. The van der Waals surface area contributed by atoms with Crippen LogP contribution in [0.1, 0.15) is 16.8 Å². The lowest BCUT2D eigenvalue weighted by molar-refractivity contribution is 0.475. The second kappa shape index (κ2) is 11.3. The van der Waals surface area contributed by atoms with E-state index in [0.29, 0.717) is 19.0 Å². The van der Waals surface area contributed by atoms with Crippen LogP contribution in [0.2, 0.25) is 0 Å². The van der Waals surface area contributed by atoms with Gasteiger partial charge in [0.2, 0.25) is 0 Å². The van der Waals surface area contributed by atoms with Crippen LogP contribution in [0.15, 0.2) is 77.9 Å². The van der Waals surface area contributed by atoms with Crippen LogP contribution in [0.4, 0.5) is 0 Å². The minimum Gasteiger partial charge on any atom is -0.457 e. The van der Waals surface area contributed by atoms with Crippen LogP contribution in [-0.4, -0.2) is 18.0 Å². The molecule has 3 aromatic rings. The molecule has 0 amide bonds. The Morgan fingerprint density at radius 2 is 1.64 bits per heavy atom. The molecule has 28 heavy (non-hydrogen) atoms. The fraction of sp³-hybridized carbons (Fsp3) is 0.182. The summed E-state index contributed by atoms with van der Waals surface area (Å²) in [7, 11) is 1.75. The molecule has 3 rings (SSSR count). The van der Waals surface area contributed by atoms with Crippen LogP contribution >= 0.6 is 24.0 Å². The Kier molecular flexibility index (Phi) is 8.74. The van der Waals surface area contributed by atoms with Crippen LogP contribution in [0.3, 0.4) is 0 Å². The summed E-state index contributed by atoms with van der Waals surface area (Å²) in [4.78, 5) is 8.57. The Labute approximate surface area is 183 Å². The van der Waals surface area contributed by atoms with Gasteiger partial charge >= 0.3 is 0 Å². The first kappa shape index (κ1) is 21.7. The number of nitrogens with zero attached hydrogens (tertiary/aromatic N) is 2. The normalized spacial score (nSPS) is 10.7. The third-order valence-corrected chi connectivity index (χ3v) is 4.05. The average molecular weight is 488 g/mol. The summed E-state index contributed by atoms with van der Waals surface area (Å²) in [5.41, 5.74) is 3.22. The van der Waals surface area contributed by atoms with Crippen molar-refractivity contribution in [3.63, 3.8) is 0 Å². The maximum Gasteiger partial charge on any atom is 0.191 e. The Bertz CT molecular complexity index is 883. The van der Waals surface area contributed by atoms with Gasteiger partial charge in [0, 0.05) is 25.4 Å². The van der Waals surface area contributed by atoms with Crippen molar-refractivity contribution in [2.45, 2.75) is 20.0 Å². The molecular weight excluding hydrogens is 463 g/mol. The van der Waals surface area contributed by atoms with Crippen LogP contribution in [0, 0.1) is 6.92 Å². The van der Waals surface area contributed by atoms with E-state index >= 15 is 0 Å². The van der Waals surface area contributed by atoms with E-state index in [1.54, 1.807) is 13.2 Å². The van der Waals surface area contributed by atoms with E-state index in [1.807, 2.05) is 66.7 Å². The third kappa shape index (κ3) is 6.53. The molecule has 0 aliphatic rings. The van der Waals surface area contributed by atoms with Gasteiger partial charge in [0.15, 0.2) is 5.96 Å². The Balaban J connectivity index is 0.00000280. The van der Waals surface area contributed by atoms with Gasteiger partial charge in [-0.2, -0.15) is 0 Å². The lowest BCUT2D eigenvalue weighted by Gasteiger charge is -2.14. The number of guanidine groups is 1. The van der Waals surface area contributed by atoms with Gasteiger partial charge in [0.05, 0.1) is 12.2 Å². The van der Waals surface area contributed by atoms with Crippen LogP contribution < -0.4 is 15.4 Å². The number of benzene rings is 2. The quantitative estimate of drug-likeness (QED) is 0.301. The molecule has 1 aromatic heterocycles. The maximum absolute atomic E-state index is 6.05. The molecule has 0 saturated carbocycles. The van der Waals surface area contributed by atoms with E-state index in [4.69, 9.17) is 4.74 Å². The molecule has 0 bridgehead atoms. The number of pyridine rings is 1. The molecule has 5 nitrogen and oxygen atoms in total. The van der Waals surface area contributed by atoms with Crippen LogP contribution in [-0.2, 0) is 13.1 Å². The molecular formula is C22H25IN4O. The average Bonchev–Trinajstić information content (AvgIpc) is 2.71. The van der Waals surface area contributed by atoms with Crippen molar-refractivity contribution in [2.75, 3.05) is 7.05 Å². The monoisotopic (exact) mass is 488 g/mol. The SMILES string of the molecule is CN=C(NCc1ccccn1)NCc1ccccc1Oc1ccc(C)cc1.I. The number of halogens is 1. The van der Waals surface area contributed by atoms with Crippen LogP contribution in [0.5, 0.6) is 11.5 Å². The number of para-hydroxylation sites is 1. The molecule has 2 N–H and O–H groups in total. The lowest BCUT2D eigenvalue weighted by Crippen LogP contribution is -2.36. The Hall–Kier alpha value is -2.61. The summed E-state index contributed by atoms with van der Waals surface area (Å²) in [5.74, 6) is 2.37. The van der Waals surface area contributed by atoms with E-state index < -0.39 is 0 Å². The molecule has 0 atom stereocenters. The minimum absolute atomic E-state index is 0. The van der Waals surface area contributed by atoms with E-state index in [-0.39, 0.29) is 24.0 Å². The van der Waals surface area contributed by atoms with Gasteiger partial charge in [0.25, 0.3) is 0 Å². The number of aliphatic imine (C=N–C) groups is 1. The number of aromatic nitrogens is 1. The number of hydrogen-bond donors (Lipinski definition) is 2. The largest absolute Gasteiger partial charge is 0.457 e. The van der Waals surface area contributed by atoms with Crippen molar-refractivity contribution in [1.29, 1.82) is 0 Å². The molecule has 0 aliphatic heterocycles. The van der Waals surface area contributed by atoms with Gasteiger partial charge in [0.1, 0.15) is 11.5 Å². The van der Waals surface area contributed by atoms with Crippen LogP contribution in [0.25, 0.3) is 0 Å².